The van der Waals surface area contributed by atoms with Crippen LogP contribution in [0.25, 0.3) is 0 Å². The third-order valence-electron chi connectivity index (χ3n) is 2.05. The molecule has 0 radical (unpaired) electrons. The van der Waals surface area contributed by atoms with Crippen LogP contribution in [-0.4, -0.2) is 4.98 Å². The van der Waals surface area contributed by atoms with E-state index < -0.39 is 0 Å². The van der Waals surface area contributed by atoms with Crippen molar-refractivity contribution in [1.29, 1.82) is 5.26 Å². The summed E-state index contributed by atoms with van der Waals surface area (Å²) in [6, 6.07) is 12.4. The van der Waals surface area contributed by atoms with Crippen LogP contribution in [0.15, 0.2) is 36.5 Å². The molecule has 0 saturated carbocycles. The molecule has 0 bridgehead atoms. The lowest BCUT2D eigenvalue weighted by Gasteiger charge is -1.95. The Hall–Kier alpha value is -1.66. The molecule has 3 heteroatoms. The molecule has 0 aliphatic carbocycles. The van der Waals surface area contributed by atoms with Crippen LogP contribution in [0.2, 0.25) is 0 Å². The zero-order valence-electron chi connectivity index (χ0n) is 8.18. The van der Waals surface area contributed by atoms with Gasteiger partial charge in [0.05, 0.1) is 17.5 Å². The molecule has 2 nitrogen and oxygen atoms in total. The van der Waals surface area contributed by atoms with Crippen molar-refractivity contribution in [2.75, 3.05) is 0 Å². The Balaban J connectivity index is 2.09. The highest BCUT2D eigenvalue weighted by atomic mass is 32.1. The van der Waals surface area contributed by atoms with Crippen LogP contribution in [0.1, 0.15) is 15.4 Å². The van der Waals surface area contributed by atoms with Gasteiger partial charge in [0.15, 0.2) is 0 Å². The van der Waals surface area contributed by atoms with Gasteiger partial charge in [0.2, 0.25) is 0 Å². The van der Waals surface area contributed by atoms with Gasteiger partial charge in [0, 0.05) is 17.5 Å². The average Bonchev–Trinajstić information content (AvgIpc) is 2.68. The first kappa shape index (κ1) is 9.88. The molecule has 0 aliphatic rings. The SMILES string of the molecule is N#CCc1cnc(Cc2ccccc2)s1. The lowest BCUT2D eigenvalue weighted by molar-refractivity contribution is 1.13. The number of benzene rings is 1. The topological polar surface area (TPSA) is 36.7 Å². The smallest absolute Gasteiger partial charge is 0.0971 e. The summed E-state index contributed by atoms with van der Waals surface area (Å²) in [5.41, 5.74) is 1.26. The van der Waals surface area contributed by atoms with Crippen LogP contribution in [0.5, 0.6) is 0 Å². The van der Waals surface area contributed by atoms with E-state index in [1.165, 1.54) is 5.56 Å². The van der Waals surface area contributed by atoms with E-state index in [2.05, 4.69) is 23.2 Å². The van der Waals surface area contributed by atoms with E-state index in [4.69, 9.17) is 5.26 Å². The monoisotopic (exact) mass is 214 g/mol. The van der Waals surface area contributed by atoms with Crippen LogP contribution in [0.3, 0.4) is 0 Å². The summed E-state index contributed by atoms with van der Waals surface area (Å²) >= 11 is 1.62. The van der Waals surface area contributed by atoms with Crippen molar-refractivity contribution in [1.82, 2.24) is 4.98 Å². The van der Waals surface area contributed by atoms with Crippen LogP contribution >= 0.6 is 11.3 Å². The number of nitrogens with zero attached hydrogens (tertiary/aromatic N) is 2. The lowest BCUT2D eigenvalue weighted by atomic mass is 10.2. The van der Waals surface area contributed by atoms with E-state index in [1.54, 1.807) is 17.5 Å². The van der Waals surface area contributed by atoms with Gasteiger partial charge in [-0.05, 0) is 5.56 Å². The Labute approximate surface area is 92.8 Å². The Kier molecular flexibility index (Phi) is 3.11. The highest BCUT2D eigenvalue weighted by Crippen LogP contribution is 2.16. The van der Waals surface area contributed by atoms with E-state index in [1.807, 2.05) is 18.2 Å². The van der Waals surface area contributed by atoms with Crippen LogP contribution in [0.4, 0.5) is 0 Å². The Morgan fingerprint density at radius 1 is 1.27 bits per heavy atom. The minimum atomic E-state index is 0.465. The van der Waals surface area contributed by atoms with E-state index >= 15 is 0 Å². The van der Waals surface area contributed by atoms with Gasteiger partial charge in [-0.3, -0.25) is 0 Å². The standard InChI is InChI=1S/C12H10N2S/c13-7-6-11-9-14-12(15-11)8-10-4-2-1-3-5-10/h1-5,9H,6,8H2. The van der Waals surface area contributed by atoms with Crippen molar-refractivity contribution in [3.05, 3.63) is 52.0 Å². The van der Waals surface area contributed by atoms with Crippen molar-refractivity contribution in [3.8, 4) is 6.07 Å². The number of nitriles is 1. The predicted octanol–water partition coefficient (Wildman–Crippen LogP) is 2.80. The first-order valence-electron chi connectivity index (χ1n) is 4.73. The largest absolute Gasteiger partial charge is 0.249 e. The highest BCUT2D eigenvalue weighted by Gasteiger charge is 2.02. The summed E-state index contributed by atoms with van der Waals surface area (Å²) in [7, 11) is 0. The molecule has 1 aromatic heterocycles. The number of thiazole rings is 1. The number of aromatic nitrogens is 1. The molecule has 2 aromatic rings. The molecule has 1 heterocycles. The molecule has 74 valence electrons. The fourth-order valence-electron chi connectivity index (χ4n) is 1.36. The second-order valence-electron chi connectivity index (χ2n) is 3.22. The molecular weight excluding hydrogens is 204 g/mol. The quantitative estimate of drug-likeness (QED) is 0.787. The van der Waals surface area contributed by atoms with E-state index in [-0.39, 0.29) is 0 Å². The normalized spacial score (nSPS) is 9.80. The summed E-state index contributed by atoms with van der Waals surface area (Å²) in [4.78, 5) is 5.34. The minimum Gasteiger partial charge on any atom is -0.249 e. The molecular formula is C12H10N2S. The molecule has 2 rings (SSSR count). The van der Waals surface area contributed by atoms with Gasteiger partial charge in [-0.25, -0.2) is 4.98 Å². The second-order valence-corrected chi connectivity index (χ2v) is 4.42. The van der Waals surface area contributed by atoms with Crippen LogP contribution in [0, 0.1) is 11.3 Å². The fraction of sp³-hybridized carbons (Fsp3) is 0.167. The first-order valence-corrected chi connectivity index (χ1v) is 5.54. The van der Waals surface area contributed by atoms with E-state index in [9.17, 15) is 0 Å². The third kappa shape index (κ3) is 2.64. The summed E-state index contributed by atoms with van der Waals surface area (Å²) in [5, 5.41) is 9.62. The van der Waals surface area contributed by atoms with Crippen molar-refractivity contribution >= 4 is 11.3 Å². The Bertz CT molecular complexity index is 468. The summed E-state index contributed by atoms with van der Waals surface area (Å²) in [5.74, 6) is 0. The maximum Gasteiger partial charge on any atom is 0.0971 e. The van der Waals surface area contributed by atoms with Gasteiger partial charge in [-0.15, -0.1) is 11.3 Å². The zero-order valence-corrected chi connectivity index (χ0v) is 9.00. The molecule has 0 amide bonds. The zero-order chi connectivity index (χ0) is 10.5. The van der Waals surface area contributed by atoms with Crippen molar-refractivity contribution in [2.24, 2.45) is 0 Å². The van der Waals surface area contributed by atoms with Gasteiger partial charge in [-0.2, -0.15) is 5.26 Å². The second kappa shape index (κ2) is 4.72. The van der Waals surface area contributed by atoms with Gasteiger partial charge in [0.25, 0.3) is 0 Å². The van der Waals surface area contributed by atoms with Crippen LogP contribution < -0.4 is 0 Å². The van der Waals surface area contributed by atoms with Crippen molar-refractivity contribution in [2.45, 2.75) is 12.8 Å². The fourth-order valence-corrected chi connectivity index (χ4v) is 2.25. The lowest BCUT2D eigenvalue weighted by Crippen LogP contribution is -1.84. The molecule has 15 heavy (non-hydrogen) atoms. The average molecular weight is 214 g/mol. The Morgan fingerprint density at radius 2 is 2.07 bits per heavy atom. The molecule has 0 atom stereocenters. The van der Waals surface area contributed by atoms with Gasteiger partial charge in [-0.1, -0.05) is 30.3 Å². The molecule has 1 aromatic carbocycles. The molecule has 0 N–H and O–H groups in total. The maximum atomic E-state index is 8.55. The highest BCUT2D eigenvalue weighted by molar-refractivity contribution is 7.11. The molecule has 0 aliphatic heterocycles. The minimum absolute atomic E-state index is 0.465. The predicted molar refractivity (Wildman–Crippen MR) is 60.7 cm³/mol. The van der Waals surface area contributed by atoms with Crippen LogP contribution in [-0.2, 0) is 12.8 Å². The van der Waals surface area contributed by atoms with Crippen molar-refractivity contribution in [3.63, 3.8) is 0 Å². The van der Waals surface area contributed by atoms with E-state index in [0.717, 1.165) is 16.3 Å². The summed E-state index contributed by atoms with van der Waals surface area (Å²) in [6.07, 6.45) is 3.12. The number of rotatable bonds is 3. The van der Waals surface area contributed by atoms with Gasteiger partial charge < -0.3 is 0 Å². The summed E-state index contributed by atoms with van der Waals surface area (Å²) in [6.45, 7) is 0. The first-order chi connectivity index (χ1) is 7.38. The van der Waals surface area contributed by atoms with Crippen molar-refractivity contribution < 1.29 is 0 Å². The van der Waals surface area contributed by atoms with Gasteiger partial charge in [0.1, 0.15) is 0 Å². The summed E-state index contributed by atoms with van der Waals surface area (Å²) < 4.78 is 0. The van der Waals surface area contributed by atoms with Gasteiger partial charge >= 0.3 is 0 Å². The third-order valence-corrected chi connectivity index (χ3v) is 3.05. The maximum absolute atomic E-state index is 8.55. The number of hydrogen-bond donors (Lipinski definition) is 0. The molecule has 0 fully saturated rings. The molecule has 0 spiro atoms. The molecule has 0 unspecified atom stereocenters. The Morgan fingerprint density at radius 3 is 2.80 bits per heavy atom. The molecule has 0 saturated heterocycles. The van der Waals surface area contributed by atoms with E-state index in [0.29, 0.717) is 6.42 Å². The number of hydrogen-bond acceptors (Lipinski definition) is 3.